The SMILES string of the molecule is C=CC(=O)N1C[C@@H](n2nc(I)c3c(N)ncnc32)C[C@@H]1CC#N. The van der Waals surface area contributed by atoms with Crippen LogP contribution in [0.2, 0.25) is 0 Å². The third-order valence-electron chi connectivity index (χ3n) is 4.00. The van der Waals surface area contributed by atoms with Crippen LogP contribution in [0.4, 0.5) is 5.82 Å². The Morgan fingerprint density at radius 3 is 3.09 bits per heavy atom. The summed E-state index contributed by atoms with van der Waals surface area (Å²) < 4.78 is 2.51. The first-order chi connectivity index (χ1) is 11.1. The Bertz CT molecular complexity index is 824. The molecule has 1 aliphatic heterocycles. The molecule has 0 saturated carbocycles. The van der Waals surface area contributed by atoms with Gasteiger partial charge in [0.2, 0.25) is 5.91 Å². The molecule has 2 N–H and O–H groups in total. The molecule has 0 aliphatic carbocycles. The zero-order valence-electron chi connectivity index (χ0n) is 12.2. The van der Waals surface area contributed by atoms with Gasteiger partial charge in [0, 0.05) is 12.6 Å². The molecule has 2 aromatic heterocycles. The van der Waals surface area contributed by atoms with Crippen molar-refractivity contribution in [2.75, 3.05) is 12.3 Å². The number of rotatable bonds is 3. The molecule has 1 aliphatic rings. The maximum absolute atomic E-state index is 12.0. The second-order valence-corrected chi connectivity index (χ2v) is 6.32. The van der Waals surface area contributed by atoms with Crippen molar-refractivity contribution in [2.45, 2.75) is 24.9 Å². The number of hydrogen-bond donors (Lipinski definition) is 1. The molecular formula is C14H14IN7O. The molecule has 1 amide bonds. The number of amides is 1. The Kier molecular flexibility index (Phi) is 4.16. The molecule has 3 heterocycles. The van der Waals surface area contributed by atoms with Gasteiger partial charge in [0.1, 0.15) is 15.8 Å². The number of aromatic nitrogens is 4. The van der Waals surface area contributed by atoms with E-state index in [9.17, 15) is 4.79 Å². The minimum Gasteiger partial charge on any atom is -0.383 e. The van der Waals surface area contributed by atoms with Crippen LogP contribution in [0.15, 0.2) is 19.0 Å². The summed E-state index contributed by atoms with van der Waals surface area (Å²) in [4.78, 5) is 22.0. The molecule has 8 nitrogen and oxygen atoms in total. The van der Waals surface area contributed by atoms with Crippen molar-refractivity contribution >= 4 is 45.3 Å². The monoisotopic (exact) mass is 423 g/mol. The van der Waals surface area contributed by atoms with Crippen LogP contribution in [-0.4, -0.2) is 43.1 Å². The summed E-state index contributed by atoms with van der Waals surface area (Å²) in [6, 6.07) is 1.93. The van der Waals surface area contributed by atoms with Crippen LogP contribution < -0.4 is 5.73 Å². The zero-order valence-corrected chi connectivity index (χ0v) is 14.3. The van der Waals surface area contributed by atoms with Crippen LogP contribution in [0, 0.1) is 15.0 Å². The van der Waals surface area contributed by atoms with Crippen molar-refractivity contribution < 1.29 is 4.79 Å². The van der Waals surface area contributed by atoms with Gasteiger partial charge in [-0.2, -0.15) is 10.4 Å². The van der Waals surface area contributed by atoms with E-state index < -0.39 is 0 Å². The van der Waals surface area contributed by atoms with Gasteiger partial charge in [-0.25, -0.2) is 14.6 Å². The fourth-order valence-electron chi connectivity index (χ4n) is 2.96. The molecule has 3 rings (SSSR count). The number of carbonyl (C=O) groups excluding carboxylic acids is 1. The highest BCUT2D eigenvalue weighted by molar-refractivity contribution is 14.1. The minimum absolute atomic E-state index is 0.0578. The summed E-state index contributed by atoms with van der Waals surface area (Å²) in [5, 5.41) is 14.2. The molecule has 23 heavy (non-hydrogen) atoms. The number of carbonyl (C=O) groups is 1. The van der Waals surface area contributed by atoms with Crippen molar-refractivity contribution in [1.82, 2.24) is 24.6 Å². The molecule has 1 saturated heterocycles. The van der Waals surface area contributed by atoms with E-state index in [-0.39, 0.29) is 24.4 Å². The lowest BCUT2D eigenvalue weighted by Gasteiger charge is -2.20. The van der Waals surface area contributed by atoms with Crippen molar-refractivity contribution in [1.29, 1.82) is 5.26 Å². The molecule has 118 valence electrons. The fourth-order valence-corrected chi connectivity index (χ4v) is 3.71. The van der Waals surface area contributed by atoms with Gasteiger partial charge >= 0.3 is 0 Å². The number of halogens is 1. The van der Waals surface area contributed by atoms with Crippen molar-refractivity contribution in [3.05, 3.63) is 22.7 Å². The highest BCUT2D eigenvalue weighted by Gasteiger charge is 2.36. The van der Waals surface area contributed by atoms with E-state index in [0.29, 0.717) is 24.4 Å². The molecule has 1 fully saturated rings. The fraction of sp³-hybridized carbons (Fsp3) is 0.357. The van der Waals surface area contributed by atoms with Crippen molar-refractivity contribution in [2.24, 2.45) is 0 Å². The van der Waals surface area contributed by atoms with E-state index in [2.05, 4.69) is 50.3 Å². The summed E-state index contributed by atoms with van der Waals surface area (Å²) in [6.45, 7) is 3.99. The number of nitrogens with two attached hydrogens (primary N) is 1. The average Bonchev–Trinajstić information content (AvgIpc) is 3.09. The number of nitriles is 1. The summed E-state index contributed by atoms with van der Waals surface area (Å²) in [5.41, 5.74) is 6.56. The van der Waals surface area contributed by atoms with Gasteiger partial charge in [0.15, 0.2) is 5.65 Å². The number of likely N-dealkylation sites (tertiary alicyclic amines) is 1. The number of fused-ring (bicyclic) bond motifs is 1. The highest BCUT2D eigenvalue weighted by Crippen LogP contribution is 2.33. The van der Waals surface area contributed by atoms with E-state index in [1.807, 2.05) is 0 Å². The van der Waals surface area contributed by atoms with Gasteiger partial charge in [0.25, 0.3) is 0 Å². The lowest BCUT2D eigenvalue weighted by atomic mass is 10.1. The van der Waals surface area contributed by atoms with E-state index in [0.717, 1.165) is 9.09 Å². The van der Waals surface area contributed by atoms with Crippen LogP contribution in [0.5, 0.6) is 0 Å². The van der Waals surface area contributed by atoms with Crippen LogP contribution in [0.1, 0.15) is 18.9 Å². The first kappa shape index (κ1) is 15.7. The largest absolute Gasteiger partial charge is 0.383 e. The zero-order chi connectivity index (χ0) is 16.6. The lowest BCUT2D eigenvalue weighted by molar-refractivity contribution is -0.126. The molecule has 0 unspecified atom stereocenters. The predicted molar refractivity (Wildman–Crippen MR) is 92.0 cm³/mol. The Labute approximate surface area is 146 Å². The van der Waals surface area contributed by atoms with Gasteiger partial charge in [-0.3, -0.25) is 4.79 Å². The summed E-state index contributed by atoms with van der Waals surface area (Å²) >= 11 is 2.10. The Morgan fingerprint density at radius 2 is 2.39 bits per heavy atom. The maximum atomic E-state index is 12.0. The van der Waals surface area contributed by atoms with Gasteiger partial charge in [0.05, 0.1) is 23.9 Å². The van der Waals surface area contributed by atoms with E-state index in [4.69, 9.17) is 11.0 Å². The second-order valence-electron chi connectivity index (χ2n) is 5.29. The number of nitrogen functional groups attached to an aromatic ring is 1. The van der Waals surface area contributed by atoms with Gasteiger partial charge in [-0.1, -0.05) is 6.58 Å². The lowest BCUT2D eigenvalue weighted by Crippen LogP contribution is -2.34. The maximum Gasteiger partial charge on any atom is 0.246 e. The molecule has 0 radical (unpaired) electrons. The van der Waals surface area contributed by atoms with Crippen LogP contribution in [-0.2, 0) is 4.79 Å². The van der Waals surface area contributed by atoms with Crippen LogP contribution in [0.25, 0.3) is 11.0 Å². The third-order valence-corrected chi connectivity index (χ3v) is 4.75. The molecule has 9 heteroatoms. The molecule has 2 aromatic rings. The first-order valence-corrected chi connectivity index (χ1v) is 8.08. The summed E-state index contributed by atoms with van der Waals surface area (Å²) in [5.74, 6) is 0.212. The molecular weight excluding hydrogens is 409 g/mol. The minimum atomic E-state index is -0.173. The Morgan fingerprint density at radius 1 is 1.61 bits per heavy atom. The standard InChI is InChI=1S/C14H14IN7O/c1-2-10(23)21-6-9(5-8(21)3-4-16)22-14-11(12(15)20-22)13(17)18-7-19-14/h2,7-9H,1,3,5-6H2,(H2,17,18,19)/t8-,9-/m0/s1. The summed E-state index contributed by atoms with van der Waals surface area (Å²) in [7, 11) is 0. The molecule has 2 atom stereocenters. The second kappa shape index (κ2) is 6.11. The quantitative estimate of drug-likeness (QED) is 0.588. The average molecular weight is 423 g/mol. The number of nitrogens with zero attached hydrogens (tertiary/aromatic N) is 6. The van der Waals surface area contributed by atoms with Crippen LogP contribution in [0.3, 0.4) is 0 Å². The van der Waals surface area contributed by atoms with E-state index in [1.54, 1.807) is 9.58 Å². The van der Waals surface area contributed by atoms with Gasteiger partial charge in [-0.15, -0.1) is 0 Å². The van der Waals surface area contributed by atoms with E-state index in [1.165, 1.54) is 12.4 Å². The van der Waals surface area contributed by atoms with Gasteiger partial charge in [-0.05, 0) is 35.1 Å². The molecule has 0 aromatic carbocycles. The van der Waals surface area contributed by atoms with E-state index >= 15 is 0 Å². The first-order valence-electron chi connectivity index (χ1n) is 7.01. The van der Waals surface area contributed by atoms with Crippen molar-refractivity contribution in [3.8, 4) is 6.07 Å². The summed E-state index contributed by atoms with van der Waals surface area (Å²) in [6.07, 6.45) is 3.60. The third kappa shape index (κ3) is 2.63. The van der Waals surface area contributed by atoms with Gasteiger partial charge < -0.3 is 10.6 Å². The Balaban J connectivity index is 2.00. The smallest absolute Gasteiger partial charge is 0.246 e. The topological polar surface area (TPSA) is 114 Å². The molecule has 0 bridgehead atoms. The van der Waals surface area contributed by atoms with Crippen molar-refractivity contribution in [3.63, 3.8) is 0 Å². The van der Waals surface area contributed by atoms with Crippen LogP contribution >= 0.6 is 22.6 Å². The normalized spacial score (nSPS) is 20.6. The number of hydrogen-bond acceptors (Lipinski definition) is 6. The predicted octanol–water partition coefficient (Wildman–Crippen LogP) is 1.25. The Hall–Kier alpha value is -2.22. The highest BCUT2D eigenvalue weighted by atomic mass is 127. The number of anilines is 1. The molecule has 0 spiro atoms.